The molecule has 0 radical (unpaired) electrons. The monoisotopic (exact) mass is 299 g/mol. The van der Waals surface area contributed by atoms with Crippen molar-refractivity contribution in [1.29, 1.82) is 0 Å². The van der Waals surface area contributed by atoms with Crippen LogP contribution in [0.5, 0.6) is 5.75 Å². The summed E-state index contributed by atoms with van der Waals surface area (Å²) in [7, 11) is 0. The van der Waals surface area contributed by atoms with Crippen molar-refractivity contribution in [3.63, 3.8) is 0 Å². The number of carboxylic acids is 1. The third-order valence-electron chi connectivity index (χ3n) is 3.45. The molecule has 1 N–H and O–H groups in total. The Morgan fingerprint density at radius 3 is 2.27 bits per heavy atom. The van der Waals surface area contributed by atoms with E-state index >= 15 is 0 Å². The first-order chi connectivity index (χ1) is 10.5. The second-order valence-corrected chi connectivity index (χ2v) is 5.37. The molecule has 0 aliphatic carbocycles. The Morgan fingerprint density at radius 1 is 1.14 bits per heavy atom. The van der Waals surface area contributed by atoms with E-state index in [4.69, 9.17) is 4.74 Å². The third kappa shape index (κ3) is 4.09. The smallest absolute Gasteiger partial charge is 0.125 e. The van der Waals surface area contributed by atoms with Gasteiger partial charge in [0.2, 0.25) is 0 Å². The molecule has 0 aliphatic rings. The highest BCUT2D eigenvalue weighted by atomic mass is 16.5. The third-order valence-corrected chi connectivity index (χ3v) is 3.45. The van der Waals surface area contributed by atoms with Gasteiger partial charge in [0, 0.05) is 6.42 Å². The molecule has 2 aromatic rings. The molecule has 0 fully saturated rings. The second kappa shape index (κ2) is 7.09. The average molecular weight is 299 g/mol. The molecular formula is C18H19O4-. The van der Waals surface area contributed by atoms with Crippen LogP contribution in [0.15, 0.2) is 42.5 Å². The topological polar surface area (TPSA) is 69.6 Å². The summed E-state index contributed by atoms with van der Waals surface area (Å²) in [6.45, 7) is 4.29. The summed E-state index contributed by atoms with van der Waals surface area (Å²) < 4.78 is 5.87. The molecule has 0 saturated carbocycles. The molecule has 0 unspecified atom stereocenters. The molecule has 4 nitrogen and oxygen atoms in total. The van der Waals surface area contributed by atoms with E-state index in [0.29, 0.717) is 6.61 Å². The predicted molar refractivity (Wildman–Crippen MR) is 81.4 cm³/mol. The van der Waals surface area contributed by atoms with E-state index in [1.165, 1.54) is 0 Å². The number of carbonyl (C=O) groups is 1. The highest BCUT2D eigenvalue weighted by molar-refractivity contribution is 5.70. The van der Waals surface area contributed by atoms with Crippen LogP contribution < -0.4 is 9.84 Å². The lowest BCUT2D eigenvalue weighted by atomic mass is 10.0. The van der Waals surface area contributed by atoms with Crippen LogP contribution in [-0.2, 0) is 17.8 Å². The van der Waals surface area contributed by atoms with Crippen molar-refractivity contribution in [2.24, 2.45) is 0 Å². The number of aliphatic carboxylic acids is 1. The number of carbonyl (C=O) groups excluding carboxylic acids is 1. The van der Waals surface area contributed by atoms with Gasteiger partial charge in [-0.25, -0.2) is 0 Å². The molecule has 0 saturated heterocycles. The van der Waals surface area contributed by atoms with Gasteiger partial charge in [-0.05, 0) is 36.1 Å². The van der Waals surface area contributed by atoms with Gasteiger partial charge in [-0.1, -0.05) is 42.5 Å². The first-order valence-electron chi connectivity index (χ1n) is 7.13. The van der Waals surface area contributed by atoms with Gasteiger partial charge in [0.05, 0.1) is 12.1 Å². The molecule has 0 bridgehead atoms. The Bertz CT molecular complexity index is 626. The van der Waals surface area contributed by atoms with Gasteiger partial charge in [0.1, 0.15) is 12.4 Å². The minimum absolute atomic E-state index is 0.0307. The summed E-state index contributed by atoms with van der Waals surface area (Å²) in [6.07, 6.45) is -1.46. The molecule has 0 aromatic heterocycles. The van der Waals surface area contributed by atoms with Gasteiger partial charge in [0.15, 0.2) is 0 Å². The normalized spacial score (nSPS) is 12.0. The van der Waals surface area contributed by atoms with Crippen LogP contribution in [0.4, 0.5) is 0 Å². The van der Waals surface area contributed by atoms with Crippen molar-refractivity contribution in [2.75, 3.05) is 0 Å². The number of aliphatic hydroxyl groups is 1. The second-order valence-electron chi connectivity index (χ2n) is 5.37. The highest BCUT2D eigenvalue weighted by Gasteiger charge is 2.11. The molecule has 0 spiro atoms. The number of aliphatic hydroxyl groups excluding tert-OH is 1. The van der Waals surface area contributed by atoms with E-state index in [0.717, 1.165) is 28.0 Å². The Hall–Kier alpha value is -2.33. The van der Waals surface area contributed by atoms with Gasteiger partial charge in [-0.2, -0.15) is 0 Å². The average Bonchev–Trinajstić information content (AvgIpc) is 2.47. The van der Waals surface area contributed by atoms with Crippen molar-refractivity contribution in [1.82, 2.24) is 0 Å². The number of ether oxygens (including phenoxy) is 1. The molecule has 0 heterocycles. The molecule has 116 valence electrons. The zero-order valence-electron chi connectivity index (χ0n) is 12.7. The first kappa shape index (κ1) is 16.0. The molecule has 22 heavy (non-hydrogen) atoms. The number of carboxylic acid groups (broad SMARTS) is 1. The largest absolute Gasteiger partial charge is 0.547 e. The molecule has 2 rings (SSSR count). The maximum absolute atomic E-state index is 10.6. The quantitative estimate of drug-likeness (QED) is 0.878. The predicted octanol–water partition coefficient (Wildman–Crippen LogP) is 1.54. The molecule has 1 atom stereocenters. The fraction of sp³-hybridized carbons (Fsp3) is 0.278. The summed E-state index contributed by atoms with van der Waals surface area (Å²) in [6, 6.07) is 13.5. The first-order valence-corrected chi connectivity index (χ1v) is 7.13. The van der Waals surface area contributed by atoms with Crippen LogP contribution in [0.2, 0.25) is 0 Å². The number of hydrogen-bond donors (Lipinski definition) is 1. The van der Waals surface area contributed by atoms with Crippen LogP contribution in [0, 0.1) is 13.8 Å². The fourth-order valence-electron chi connectivity index (χ4n) is 2.42. The summed E-state index contributed by atoms with van der Waals surface area (Å²) in [5.41, 5.74) is 3.66. The van der Waals surface area contributed by atoms with Crippen LogP contribution in [0.3, 0.4) is 0 Å². The molecule has 2 aromatic carbocycles. The van der Waals surface area contributed by atoms with E-state index in [2.05, 4.69) is 0 Å². The minimum Gasteiger partial charge on any atom is -0.547 e. The van der Waals surface area contributed by atoms with E-state index in [9.17, 15) is 15.0 Å². The Morgan fingerprint density at radius 2 is 1.73 bits per heavy atom. The minimum atomic E-state index is -1.49. The van der Waals surface area contributed by atoms with E-state index < -0.39 is 12.1 Å². The Balaban J connectivity index is 2.11. The van der Waals surface area contributed by atoms with Gasteiger partial charge < -0.3 is 19.7 Å². The van der Waals surface area contributed by atoms with Gasteiger partial charge in [0.25, 0.3) is 0 Å². The molecule has 4 heteroatoms. The van der Waals surface area contributed by atoms with Gasteiger partial charge in [-0.3, -0.25) is 0 Å². The lowest BCUT2D eigenvalue weighted by molar-refractivity contribution is -0.314. The standard InChI is InChI=1S/C18H20O4/c1-12-8-15(10-16(19)18(20)21)9-13(2)17(12)22-11-14-6-4-3-5-7-14/h3-9,16,19H,10-11H2,1-2H3,(H,20,21)/p-1/t16-/m1/s1. The Labute approximate surface area is 130 Å². The zero-order chi connectivity index (χ0) is 16.1. The zero-order valence-corrected chi connectivity index (χ0v) is 12.7. The van der Waals surface area contributed by atoms with Crippen molar-refractivity contribution < 1.29 is 19.7 Å². The van der Waals surface area contributed by atoms with Crippen LogP contribution in [0.1, 0.15) is 22.3 Å². The summed E-state index contributed by atoms with van der Waals surface area (Å²) in [4.78, 5) is 10.6. The molecular weight excluding hydrogens is 280 g/mol. The molecule has 0 amide bonds. The van der Waals surface area contributed by atoms with Crippen molar-refractivity contribution in [2.45, 2.75) is 33.0 Å². The summed E-state index contributed by atoms with van der Waals surface area (Å²) in [5.74, 6) is -0.671. The maximum Gasteiger partial charge on any atom is 0.125 e. The van der Waals surface area contributed by atoms with Crippen LogP contribution >= 0.6 is 0 Å². The van der Waals surface area contributed by atoms with E-state index in [1.807, 2.05) is 56.3 Å². The number of hydrogen-bond acceptors (Lipinski definition) is 4. The summed E-state index contributed by atoms with van der Waals surface area (Å²) >= 11 is 0. The SMILES string of the molecule is Cc1cc(C[C@@H](O)C(=O)[O-])cc(C)c1OCc1ccccc1. The van der Waals surface area contributed by atoms with Crippen molar-refractivity contribution >= 4 is 5.97 Å². The van der Waals surface area contributed by atoms with Crippen LogP contribution in [-0.4, -0.2) is 17.2 Å². The number of aryl methyl sites for hydroxylation is 2. The van der Waals surface area contributed by atoms with E-state index in [-0.39, 0.29) is 6.42 Å². The fourth-order valence-corrected chi connectivity index (χ4v) is 2.42. The van der Waals surface area contributed by atoms with Crippen LogP contribution in [0.25, 0.3) is 0 Å². The van der Waals surface area contributed by atoms with E-state index in [1.54, 1.807) is 0 Å². The number of rotatable bonds is 6. The lowest BCUT2D eigenvalue weighted by Gasteiger charge is -2.16. The number of benzene rings is 2. The summed E-state index contributed by atoms with van der Waals surface area (Å²) in [5, 5.41) is 20.0. The lowest BCUT2D eigenvalue weighted by Crippen LogP contribution is -2.36. The van der Waals surface area contributed by atoms with Crippen molar-refractivity contribution in [3.05, 3.63) is 64.7 Å². The van der Waals surface area contributed by atoms with Gasteiger partial charge in [-0.15, -0.1) is 0 Å². The van der Waals surface area contributed by atoms with Gasteiger partial charge >= 0.3 is 0 Å². The highest BCUT2D eigenvalue weighted by Crippen LogP contribution is 2.26. The maximum atomic E-state index is 10.6. The molecule has 0 aliphatic heterocycles. The van der Waals surface area contributed by atoms with Crippen molar-refractivity contribution in [3.8, 4) is 5.75 Å². The Kier molecular flexibility index (Phi) is 5.17.